The predicted molar refractivity (Wildman–Crippen MR) is 109 cm³/mol. The van der Waals surface area contributed by atoms with Gasteiger partial charge in [-0.25, -0.2) is 14.8 Å². The first-order valence-electron chi connectivity index (χ1n) is 9.32. The Kier molecular flexibility index (Phi) is 7.00. The van der Waals surface area contributed by atoms with Gasteiger partial charge in [0, 0.05) is 18.7 Å². The standard InChI is InChI=1S/C20H18F3N5O5/c1-32-18(30)13-4-7-17(28(31)10-13)25-16-8-15(24-9-12-2-5-14(29)6-3-12)26-19(27-16)33-11-20(21,22)23/h2-8,10,29H,9,11H2,1H3,(H2,24,25,26,27). The number of hydrogen-bond acceptors (Lipinski definition) is 9. The molecule has 3 aromatic rings. The molecule has 0 amide bonds. The number of pyridine rings is 1. The van der Waals surface area contributed by atoms with Crippen molar-refractivity contribution in [1.29, 1.82) is 0 Å². The lowest BCUT2D eigenvalue weighted by atomic mass is 10.2. The number of carbonyl (C=O) groups is 1. The SMILES string of the molecule is COC(=O)c1ccc(Nc2cc(NCc3ccc(O)cc3)nc(OCC(F)(F)F)n2)[n+]([O-])c1. The molecule has 0 saturated heterocycles. The van der Waals surface area contributed by atoms with Crippen LogP contribution in [0.25, 0.3) is 0 Å². The molecule has 10 nitrogen and oxygen atoms in total. The Balaban J connectivity index is 1.83. The number of nitrogens with one attached hydrogen (secondary N) is 2. The lowest BCUT2D eigenvalue weighted by Gasteiger charge is -2.12. The molecule has 0 aliphatic heterocycles. The molecule has 0 unspecified atom stereocenters. The Morgan fingerprint density at radius 3 is 2.48 bits per heavy atom. The van der Waals surface area contributed by atoms with E-state index < -0.39 is 24.8 Å². The van der Waals surface area contributed by atoms with Gasteiger partial charge in [-0.1, -0.05) is 12.1 Å². The Morgan fingerprint density at radius 1 is 1.15 bits per heavy atom. The van der Waals surface area contributed by atoms with Gasteiger partial charge in [0.05, 0.1) is 12.7 Å². The largest absolute Gasteiger partial charge is 0.711 e. The quantitative estimate of drug-likeness (QED) is 0.261. The van der Waals surface area contributed by atoms with E-state index >= 15 is 0 Å². The van der Waals surface area contributed by atoms with Crippen molar-refractivity contribution in [3.63, 3.8) is 0 Å². The summed E-state index contributed by atoms with van der Waals surface area (Å²) in [6.45, 7) is -1.38. The van der Waals surface area contributed by atoms with Crippen LogP contribution in [0.15, 0.2) is 48.7 Å². The van der Waals surface area contributed by atoms with Crippen LogP contribution in [0.4, 0.5) is 30.6 Å². The lowest BCUT2D eigenvalue weighted by molar-refractivity contribution is -0.590. The van der Waals surface area contributed by atoms with Crippen LogP contribution < -0.4 is 20.1 Å². The van der Waals surface area contributed by atoms with Gasteiger partial charge in [-0.3, -0.25) is 0 Å². The number of alkyl halides is 3. The Bertz CT molecular complexity index is 1130. The van der Waals surface area contributed by atoms with Gasteiger partial charge in [-0.05, 0) is 23.8 Å². The molecule has 2 heterocycles. The maximum Gasteiger partial charge on any atom is 0.422 e. The van der Waals surface area contributed by atoms with E-state index in [0.29, 0.717) is 4.73 Å². The fraction of sp³-hybridized carbons (Fsp3) is 0.200. The number of carbonyl (C=O) groups excluding carboxylic acids is 1. The van der Waals surface area contributed by atoms with E-state index in [2.05, 4.69) is 30.1 Å². The zero-order chi connectivity index (χ0) is 24.0. The number of aromatic hydroxyl groups is 1. The number of hydrogen-bond donors (Lipinski definition) is 3. The molecule has 0 saturated carbocycles. The number of benzene rings is 1. The Hall–Kier alpha value is -4.29. The number of rotatable bonds is 8. The lowest BCUT2D eigenvalue weighted by Crippen LogP contribution is -2.31. The summed E-state index contributed by atoms with van der Waals surface area (Å²) in [6.07, 6.45) is -3.63. The number of anilines is 3. The second-order valence-corrected chi connectivity index (χ2v) is 6.59. The first-order chi connectivity index (χ1) is 15.6. The number of esters is 1. The van der Waals surface area contributed by atoms with Crippen LogP contribution in [0.3, 0.4) is 0 Å². The van der Waals surface area contributed by atoms with Crippen molar-refractivity contribution in [2.75, 3.05) is 24.4 Å². The molecule has 1 aromatic carbocycles. The summed E-state index contributed by atoms with van der Waals surface area (Å²) in [5.74, 6) is -0.615. The fourth-order valence-corrected chi connectivity index (χ4v) is 2.54. The molecule has 0 fully saturated rings. The third-order valence-electron chi connectivity index (χ3n) is 4.07. The smallest absolute Gasteiger partial charge is 0.422 e. The summed E-state index contributed by atoms with van der Waals surface area (Å²) in [5, 5.41) is 27.1. The van der Waals surface area contributed by atoms with E-state index in [1.165, 1.54) is 37.4 Å². The van der Waals surface area contributed by atoms with Crippen molar-refractivity contribution in [1.82, 2.24) is 9.97 Å². The van der Waals surface area contributed by atoms with Gasteiger partial charge in [0.25, 0.3) is 5.82 Å². The third kappa shape index (κ3) is 6.85. The zero-order valence-electron chi connectivity index (χ0n) is 17.1. The van der Waals surface area contributed by atoms with E-state index in [-0.39, 0.29) is 35.3 Å². The molecular weight excluding hydrogens is 447 g/mol. The first-order valence-corrected chi connectivity index (χ1v) is 9.32. The number of nitrogens with zero attached hydrogens (tertiary/aromatic N) is 3. The highest BCUT2D eigenvalue weighted by Gasteiger charge is 2.29. The van der Waals surface area contributed by atoms with Crippen molar-refractivity contribution >= 4 is 23.4 Å². The molecule has 2 aromatic heterocycles. The summed E-state index contributed by atoms with van der Waals surface area (Å²) in [4.78, 5) is 19.3. The van der Waals surface area contributed by atoms with Gasteiger partial charge in [0.15, 0.2) is 6.61 Å². The molecule has 0 atom stereocenters. The minimum atomic E-state index is -4.60. The number of methoxy groups -OCH3 is 1. The van der Waals surface area contributed by atoms with Crippen molar-refractivity contribution in [3.8, 4) is 11.8 Å². The minimum absolute atomic E-state index is 0.00573. The van der Waals surface area contributed by atoms with Crippen LogP contribution in [0.1, 0.15) is 15.9 Å². The number of phenols is 1. The minimum Gasteiger partial charge on any atom is -0.711 e. The summed E-state index contributed by atoms with van der Waals surface area (Å²) >= 11 is 0. The summed E-state index contributed by atoms with van der Waals surface area (Å²) in [7, 11) is 1.17. The highest BCUT2D eigenvalue weighted by Crippen LogP contribution is 2.22. The van der Waals surface area contributed by atoms with Crippen molar-refractivity contribution in [2.24, 2.45) is 0 Å². The number of ether oxygens (including phenoxy) is 2. The first kappa shape index (κ1) is 23.4. The van der Waals surface area contributed by atoms with Crippen LogP contribution in [0, 0.1) is 5.21 Å². The Morgan fingerprint density at radius 2 is 1.85 bits per heavy atom. The molecule has 174 valence electrons. The number of phenolic OH excluding ortho intramolecular Hbond substituents is 1. The average Bonchev–Trinajstić information content (AvgIpc) is 2.77. The van der Waals surface area contributed by atoms with E-state index in [0.717, 1.165) is 11.8 Å². The van der Waals surface area contributed by atoms with Crippen molar-refractivity contribution in [3.05, 3.63) is 65.0 Å². The highest BCUT2D eigenvalue weighted by atomic mass is 19.4. The molecular formula is C20H18F3N5O5. The molecule has 3 N–H and O–H groups in total. The molecule has 0 aliphatic rings. The highest BCUT2D eigenvalue weighted by molar-refractivity contribution is 5.88. The topological polar surface area (TPSA) is 133 Å². The maximum absolute atomic E-state index is 12.6. The normalized spacial score (nSPS) is 11.0. The molecule has 0 bridgehead atoms. The fourth-order valence-electron chi connectivity index (χ4n) is 2.54. The van der Waals surface area contributed by atoms with Gasteiger partial charge in [0.1, 0.15) is 17.8 Å². The predicted octanol–water partition coefficient (Wildman–Crippen LogP) is 2.90. The van der Waals surface area contributed by atoms with Crippen LogP contribution in [-0.2, 0) is 11.3 Å². The van der Waals surface area contributed by atoms with Gasteiger partial charge >= 0.3 is 18.2 Å². The van der Waals surface area contributed by atoms with E-state index in [9.17, 15) is 28.3 Å². The molecule has 13 heteroatoms. The van der Waals surface area contributed by atoms with E-state index in [4.69, 9.17) is 0 Å². The maximum atomic E-state index is 12.6. The monoisotopic (exact) mass is 465 g/mol. The summed E-state index contributed by atoms with van der Waals surface area (Å²) in [5.41, 5.74) is 0.765. The van der Waals surface area contributed by atoms with Crippen molar-refractivity contribution < 1.29 is 37.3 Å². The number of halogens is 3. The Labute approximate surface area is 185 Å². The van der Waals surface area contributed by atoms with Crippen LogP contribution in [0.5, 0.6) is 11.8 Å². The third-order valence-corrected chi connectivity index (χ3v) is 4.07. The zero-order valence-corrected chi connectivity index (χ0v) is 17.1. The van der Waals surface area contributed by atoms with Crippen LogP contribution >= 0.6 is 0 Å². The summed E-state index contributed by atoms with van der Waals surface area (Å²) in [6, 6.07) is 9.64. The van der Waals surface area contributed by atoms with Gasteiger partial charge in [-0.2, -0.15) is 23.1 Å². The number of aromatic nitrogens is 3. The second-order valence-electron chi connectivity index (χ2n) is 6.59. The summed E-state index contributed by atoms with van der Waals surface area (Å²) < 4.78 is 47.2. The van der Waals surface area contributed by atoms with Crippen molar-refractivity contribution in [2.45, 2.75) is 12.7 Å². The molecule has 3 rings (SSSR count). The van der Waals surface area contributed by atoms with Crippen LogP contribution in [-0.4, -0.2) is 40.9 Å². The molecule has 0 radical (unpaired) electrons. The average molecular weight is 465 g/mol. The van der Waals surface area contributed by atoms with Gasteiger partial charge < -0.3 is 25.1 Å². The molecule has 0 aliphatic carbocycles. The second kappa shape index (κ2) is 9.89. The van der Waals surface area contributed by atoms with E-state index in [1.54, 1.807) is 12.1 Å². The molecule has 0 spiro atoms. The van der Waals surface area contributed by atoms with Gasteiger partial charge in [0.2, 0.25) is 5.82 Å². The molecule has 33 heavy (non-hydrogen) atoms. The van der Waals surface area contributed by atoms with Gasteiger partial charge in [-0.15, -0.1) is 0 Å². The van der Waals surface area contributed by atoms with Crippen LogP contribution in [0.2, 0.25) is 0 Å². The van der Waals surface area contributed by atoms with E-state index in [1.807, 2.05) is 0 Å².